The first-order valence-electron chi connectivity index (χ1n) is 4.37. The fourth-order valence-electron chi connectivity index (χ4n) is 1.14. The highest BCUT2D eigenvalue weighted by molar-refractivity contribution is 8.06. The molecule has 0 aromatic rings. The van der Waals surface area contributed by atoms with Gasteiger partial charge in [0.2, 0.25) is 10.0 Å². The summed E-state index contributed by atoms with van der Waals surface area (Å²) in [5.41, 5.74) is 4.58. The predicted molar refractivity (Wildman–Crippen MR) is 59.5 cm³/mol. The number of nitrogens with one attached hydrogen (secondary N) is 1. The highest BCUT2D eigenvalue weighted by Gasteiger charge is 2.26. The molecule has 15 heavy (non-hydrogen) atoms. The van der Waals surface area contributed by atoms with Gasteiger partial charge in [0.1, 0.15) is 0 Å². The lowest BCUT2D eigenvalue weighted by Crippen LogP contribution is -2.46. The van der Waals surface area contributed by atoms with E-state index in [2.05, 4.69) is 4.72 Å². The van der Waals surface area contributed by atoms with E-state index < -0.39 is 30.5 Å². The molecule has 0 rings (SSSR count). The topological polar surface area (TPSA) is 106 Å². The molecule has 6 nitrogen and oxygen atoms in total. The summed E-state index contributed by atoms with van der Waals surface area (Å²) < 4.78 is 46.8. The molecule has 0 amide bonds. The molecular formula is C7H18N2O4S2. The number of sulfone groups is 1. The molecule has 0 atom stereocenters. The Morgan fingerprint density at radius 2 is 1.67 bits per heavy atom. The van der Waals surface area contributed by atoms with Crippen molar-refractivity contribution in [3.8, 4) is 0 Å². The van der Waals surface area contributed by atoms with Gasteiger partial charge in [0.25, 0.3) is 0 Å². The first kappa shape index (κ1) is 14.8. The van der Waals surface area contributed by atoms with Crippen LogP contribution in [0, 0.1) is 0 Å². The normalized spacial score (nSPS) is 14.1. The van der Waals surface area contributed by atoms with Crippen molar-refractivity contribution in [2.24, 2.45) is 5.73 Å². The molecule has 3 N–H and O–H groups in total. The molecule has 0 aromatic carbocycles. The van der Waals surface area contributed by atoms with E-state index in [0.29, 0.717) is 13.0 Å². The highest BCUT2D eigenvalue weighted by Crippen LogP contribution is 2.09. The second-order valence-corrected chi connectivity index (χ2v) is 8.41. The van der Waals surface area contributed by atoms with Crippen LogP contribution in [0.15, 0.2) is 0 Å². The van der Waals surface area contributed by atoms with Crippen molar-refractivity contribution in [3.05, 3.63) is 0 Å². The number of nitrogens with two attached hydrogens (primary N) is 1. The van der Waals surface area contributed by atoms with Crippen LogP contribution < -0.4 is 10.5 Å². The quantitative estimate of drug-likeness (QED) is 0.638. The summed E-state index contributed by atoms with van der Waals surface area (Å²) >= 11 is 0. The minimum absolute atomic E-state index is 0.328. The van der Waals surface area contributed by atoms with Crippen molar-refractivity contribution in [3.63, 3.8) is 0 Å². The van der Waals surface area contributed by atoms with E-state index in [0.717, 1.165) is 6.26 Å². The van der Waals surface area contributed by atoms with E-state index in [4.69, 9.17) is 5.73 Å². The fourth-order valence-corrected chi connectivity index (χ4v) is 4.58. The molecule has 0 saturated heterocycles. The molecule has 0 heterocycles. The summed E-state index contributed by atoms with van der Waals surface area (Å²) in [4.78, 5) is 0. The summed E-state index contributed by atoms with van der Waals surface area (Å²) in [5.74, 6) is 0. The van der Waals surface area contributed by atoms with Crippen LogP contribution in [-0.2, 0) is 19.9 Å². The van der Waals surface area contributed by atoms with Gasteiger partial charge in [-0.2, -0.15) is 0 Å². The maximum absolute atomic E-state index is 11.4. The maximum atomic E-state index is 11.4. The van der Waals surface area contributed by atoms with Crippen molar-refractivity contribution in [1.29, 1.82) is 0 Å². The van der Waals surface area contributed by atoms with Crippen LogP contribution in [0.25, 0.3) is 0 Å². The third-order valence-corrected chi connectivity index (χ3v) is 5.39. The monoisotopic (exact) mass is 258 g/mol. The van der Waals surface area contributed by atoms with E-state index in [9.17, 15) is 16.8 Å². The van der Waals surface area contributed by atoms with Crippen LogP contribution >= 0.6 is 0 Å². The molecule has 0 aliphatic carbocycles. The highest BCUT2D eigenvalue weighted by atomic mass is 32.3. The SMILES string of the molecule is CC(C)(CCN)NS(=O)(=O)CS(C)(=O)=O. The summed E-state index contributed by atoms with van der Waals surface area (Å²) in [6, 6.07) is 0. The molecule has 0 saturated carbocycles. The van der Waals surface area contributed by atoms with Gasteiger partial charge < -0.3 is 5.73 Å². The lowest BCUT2D eigenvalue weighted by Gasteiger charge is -2.24. The summed E-state index contributed by atoms with van der Waals surface area (Å²) in [6.45, 7) is 3.63. The Hall–Kier alpha value is -0.180. The molecular weight excluding hydrogens is 240 g/mol. The van der Waals surface area contributed by atoms with Gasteiger partial charge in [-0.05, 0) is 26.8 Å². The Balaban J connectivity index is 4.66. The summed E-state index contributed by atoms with van der Waals surface area (Å²) in [6.07, 6.45) is 1.32. The molecule has 0 radical (unpaired) electrons. The van der Waals surface area contributed by atoms with Crippen molar-refractivity contribution < 1.29 is 16.8 Å². The Kier molecular flexibility index (Phi) is 4.71. The molecule has 0 spiro atoms. The van der Waals surface area contributed by atoms with Gasteiger partial charge >= 0.3 is 0 Å². The molecule has 0 aliphatic heterocycles. The van der Waals surface area contributed by atoms with Crippen molar-refractivity contribution in [2.75, 3.05) is 17.9 Å². The van der Waals surface area contributed by atoms with E-state index in [1.165, 1.54) is 0 Å². The van der Waals surface area contributed by atoms with Crippen LogP contribution in [0.1, 0.15) is 20.3 Å². The maximum Gasteiger partial charge on any atom is 0.226 e. The second-order valence-electron chi connectivity index (χ2n) is 4.18. The lowest BCUT2D eigenvalue weighted by molar-refractivity contribution is 0.429. The van der Waals surface area contributed by atoms with E-state index in [1.54, 1.807) is 13.8 Å². The van der Waals surface area contributed by atoms with Crippen LogP contribution in [0.2, 0.25) is 0 Å². The van der Waals surface area contributed by atoms with Gasteiger partial charge in [0, 0.05) is 11.8 Å². The fraction of sp³-hybridized carbons (Fsp3) is 1.00. The third-order valence-electron chi connectivity index (χ3n) is 1.57. The Labute approximate surface area is 91.2 Å². The van der Waals surface area contributed by atoms with E-state index in [1.807, 2.05) is 0 Å². The number of rotatable bonds is 6. The van der Waals surface area contributed by atoms with Crippen molar-refractivity contribution >= 4 is 19.9 Å². The summed E-state index contributed by atoms with van der Waals surface area (Å²) in [5, 5.41) is -0.895. The average Bonchev–Trinajstić information content (AvgIpc) is 1.74. The Bertz CT molecular complexity index is 397. The zero-order chi connectivity index (χ0) is 12.3. The smallest absolute Gasteiger partial charge is 0.226 e. The van der Waals surface area contributed by atoms with Gasteiger partial charge in [0.05, 0.1) is 0 Å². The molecule has 92 valence electrons. The first-order valence-corrected chi connectivity index (χ1v) is 8.08. The van der Waals surface area contributed by atoms with Gasteiger partial charge in [-0.3, -0.25) is 0 Å². The molecule has 0 aliphatic rings. The standard InChI is InChI=1S/C7H18N2O4S2/c1-7(2,4-5-8)9-15(12,13)6-14(3,10)11/h9H,4-6,8H2,1-3H3. The number of hydrogen-bond acceptors (Lipinski definition) is 5. The third kappa shape index (κ3) is 7.71. The van der Waals surface area contributed by atoms with Crippen molar-refractivity contribution in [1.82, 2.24) is 4.72 Å². The average molecular weight is 258 g/mol. The van der Waals surface area contributed by atoms with Crippen LogP contribution in [-0.4, -0.2) is 40.3 Å². The van der Waals surface area contributed by atoms with Crippen LogP contribution in [0.5, 0.6) is 0 Å². The minimum Gasteiger partial charge on any atom is -0.330 e. The minimum atomic E-state index is -3.81. The van der Waals surface area contributed by atoms with Gasteiger partial charge in [0.15, 0.2) is 14.9 Å². The number of hydrogen-bond donors (Lipinski definition) is 2. The van der Waals surface area contributed by atoms with Gasteiger partial charge in [-0.1, -0.05) is 0 Å². The van der Waals surface area contributed by atoms with E-state index >= 15 is 0 Å². The van der Waals surface area contributed by atoms with Gasteiger partial charge in [-0.15, -0.1) is 0 Å². The number of sulfonamides is 1. The Morgan fingerprint density at radius 1 is 1.20 bits per heavy atom. The van der Waals surface area contributed by atoms with Crippen LogP contribution in [0.4, 0.5) is 0 Å². The summed E-state index contributed by atoms with van der Waals surface area (Å²) in [7, 11) is -7.36. The molecule has 8 heteroatoms. The van der Waals surface area contributed by atoms with Crippen LogP contribution in [0.3, 0.4) is 0 Å². The lowest BCUT2D eigenvalue weighted by atomic mass is 10.0. The molecule has 0 fully saturated rings. The molecule has 0 aromatic heterocycles. The molecule has 0 unspecified atom stereocenters. The predicted octanol–water partition coefficient (Wildman–Crippen LogP) is -0.965. The van der Waals surface area contributed by atoms with Gasteiger partial charge in [-0.25, -0.2) is 21.6 Å². The Morgan fingerprint density at radius 3 is 2.00 bits per heavy atom. The van der Waals surface area contributed by atoms with E-state index in [-0.39, 0.29) is 0 Å². The zero-order valence-electron chi connectivity index (χ0n) is 9.15. The first-order chi connectivity index (χ1) is 6.47. The molecule has 0 bridgehead atoms. The largest absolute Gasteiger partial charge is 0.330 e. The zero-order valence-corrected chi connectivity index (χ0v) is 10.8. The van der Waals surface area contributed by atoms with Crippen molar-refractivity contribution in [2.45, 2.75) is 25.8 Å². The second kappa shape index (κ2) is 4.77.